The summed E-state index contributed by atoms with van der Waals surface area (Å²) >= 11 is 0. The predicted molar refractivity (Wildman–Crippen MR) is 74.6 cm³/mol. The first kappa shape index (κ1) is 12.3. The fourth-order valence-corrected chi connectivity index (χ4v) is 1.94. The van der Waals surface area contributed by atoms with Crippen LogP contribution in [0.4, 0.5) is 5.69 Å². The zero-order chi connectivity index (χ0) is 13.9. The van der Waals surface area contributed by atoms with Crippen LogP contribution in [-0.2, 0) is 6.42 Å². The van der Waals surface area contributed by atoms with Crippen molar-refractivity contribution in [2.75, 3.05) is 5.73 Å². The largest absolute Gasteiger partial charge is 0.397 e. The van der Waals surface area contributed by atoms with Crippen LogP contribution in [0.15, 0.2) is 41.2 Å². The van der Waals surface area contributed by atoms with Gasteiger partial charge in [0.15, 0.2) is 5.69 Å². The van der Waals surface area contributed by atoms with Gasteiger partial charge in [0.2, 0.25) is 5.82 Å². The molecule has 0 aromatic carbocycles. The number of aromatic nitrogens is 4. The number of nitrogens with zero attached hydrogens (tertiary/aromatic N) is 4. The molecule has 0 amide bonds. The highest BCUT2D eigenvalue weighted by molar-refractivity contribution is 5.67. The van der Waals surface area contributed by atoms with Gasteiger partial charge in [0.1, 0.15) is 5.69 Å². The Balaban J connectivity index is 2.05. The number of aryl methyl sites for hydroxylation is 1. The van der Waals surface area contributed by atoms with Crippen molar-refractivity contribution < 1.29 is 4.52 Å². The average Bonchev–Trinajstić information content (AvgIpc) is 2.97. The Morgan fingerprint density at radius 2 is 1.85 bits per heavy atom. The van der Waals surface area contributed by atoms with Crippen molar-refractivity contribution in [2.24, 2.45) is 0 Å². The highest BCUT2D eigenvalue weighted by atomic mass is 16.5. The fraction of sp³-hybridized carbons (Fsp3) is 0.143. The molecule has 0 fully saturated rings. The Bertz CT molecular complexity index is 738. The van der Waals surface area contributed by atoms with Gasteiger partial charge >= 0.3 is 0 Å². The van der Waals surface area contributed by atoms with E-state index in [0.717, 1.165) is 17.7 Å². The summed E-state index contributed by atoms with van der Waals surface area (Å²) in [6, 6.07) is 7.38. The van der Waals surface area contributed by atoms with Crippen molar-refractivity contribution in [3.63, 3.8) is 0 Å². The van der Waals surface area contributed by atoms with Crippen molar-refractivity contribution >= 4 is 5.69 Å². The summed E-state index contributed by atoms with van der Waals surface area (Å²) in [5.74, 6) is 0.744. The second kappa shape index (κ2) is 5.08. The van der Waals surface area contributed by atoms with Crippen molar-refractivity contribution in [3.05, 3.63) is 42.2 Å². The quantitative estimate of drug-likeness (QED) is 0.783. The van der Waals surface area contributed by atoms with Gasteiger partial charge < -0.3 is 10.3 Å². The number of hydrogen-bond acceptors (Lipinski definition) is 6. The van der Waals surface area contributed by atoms with E-state index >= 15 is 0 Å². The third-order valence-corrected chi connectivity index (χ3v) is 2.95. The molecule has 0 unspecified atom stereocenters. The van der Waals surface area contributed by atoms with Crippen LogP contribution in [0.3, 0.4) is 0 Å². The molecule has 100 valence electrons. The van der Waals surface area contributed by atoms with E-state index in [2.05, 4.69) is 27.0 Å². The van der Waals surface area contributed by atoms with E-state index in [-0.39, 0.29) is 0 Å². The molecule has 0 bridgehead atoms. The molecular weight excluding hydrogens is 254 g/mol. The second-order valence-electron chi connectivity index (χ2n) is 4.23. The Morgan fingerprint density at radius 1 is 1.10 bits per heavy atom. The van der Waals surface area contributed by atoms with Crippen LogP contribution in [0.1, 0.15) is 12.5 Å². The Kier molecular flexibility index (Phi) is 3.12. The summed E-state index contributed by atoms with van der Waals surface area (Å²) in [5.41, 5.74) is 8.62. The Hall–Kier alpha value is -2.76. The maximum Gasteiger partial charge on any atom is 0.279 e. The molecule has 6 heteroatoms. The van der Waals surface area contributed by atoms with Gasteiger partial charge in [-0.15, -0.1) is 0 Å². The van der Waals surface area contributed by atoms with Crippen LogP contribution < -0.4 is 5.73 Å². The lowest BCUT2D eigenvalue weighted by molar-refractivity contribution is 0.431. The van der Waals surface area contributed by atoms with Crippen LogP contribution in [-0.4, -0.2) is 20.1 Å². The number of rotatable bonds is 3. The molecular formula is C14H13N5O. The van der Waals surface area contributed by atoms with Crippen molar-refractivity contribution in [1.29, 1.82) is 0 Å². The van der Waals surface area contributed by atoms with E-state index in [1.54, 1.807) is 24.5 Å². The summed E-state index contributed by atoms with van der Waals surface area (Å²) < 4.78 is 5.24. The second-order valence-corrected chi connectivity index (χ2v) is 4.23. The SMILES string of the molecule is CCc1cccnc1-c1noc(-c2ncccc2N)n1. The molecule has 0 saturated heterocycles. The maximum atomic E-state index is 5.85. The van der Waals surface area contributed by atoms with Crippen LogP contribution >= 0.6 is 0 Å². The van der Waals surface area contributed by atoms with Crippen molar-refractivity contribution in [2.45, 2.75) is 13.3 Å². The van der Waals surface area contributed by atoms with Gasteiger partial charge in [-0.05, 0) is 30.2 Å². The van der Waals surface area contributed by atoms with E-state index in [9.17, 15) is 0 Å². The molecule has 3 aromatic rings. The molecule has 3 aromatic heterocycles. The van der Waals surface area contributed by atoms with Gasteiger partial charge in [-0.3, -0.25) is 4.98 Å². The topological polar surface area (TPSA) is 90.7 Å². The number of hydrogen-bond donors (Lipinski definition) is 1. The lowest BCUT2D eigenvalue weighted by atomic mass is 10.1. The van der Waals surface area contributed by atoms with Gasteiger partial charge in [-0.2, -0.15) is 4.98 Å². The van der Waals surface area contributed by atoms with Crippen LogP contribution in [0.25, 0.3) is 23.1 Å². The van der Waals surface area contributed by atoms with Crippen LogP contribution in [0, 0.1) is 0 Å². The maximum absolute atomic E-state index is 5.85. The summed E-state index contributed by atoms with van der Waals surface area (Å²) in [6.45, 7) is 2.05. The molecule has 2 N–H and O–H groups in total. The predicted octanol–water partition coefficient (Wildman–Crippen LogP) is 2.34. The van der Waals surface area contributed by atoms with Gasteiger partial charge in [0.25, 0.3) is 5.89 Å². The first-order valence-electron chi connectivity index (χ1n) is 6.28. The molecule has 0 aliphatic heterocycles. The van der Waals surface area contributed by atoms with Gasteiger partial charge in [-0.25, -0.2) is 4.98 Å². The molecule has 0 atom stereocenters. The van der Waals surface area contributed by atoms with E-state index in [0.29, 0.717) is 23.1 Å². The minimum Gasteiger partial charge on any atom is -0.397 e. The van der Waals surface area contributed by atoms with Crippen molar-refractivity contribution in [3.8, 4) is 23.1 Å². The van der Waals surface area contributed by atoms with Crippen molar-refractivity contribution in [1.82, 2.24) is 20.1 Å². The Morgan fingerprint density at radius 3 is 2.60 bits per heavy atom. The number of nitrogens with two attached hydrogens (primary N) is 1. The minimum atomic E-state index is 0.297. The highest BCUT2D eigenvalue weighted by Gasteiger charge is 2.16. The minimum absolute atomic E-state index is 0.297. The third kappa shape index (κ3) is 2.11. The third-order valence-electron chi connectivity index (χ3n) is 2.95. The summed E-state index contributed by atoms with van der Waals surface area (Å²) in [4.78, 5) is 12.8. The van der Waals surface area contributed by atoms with E-state index in [4.69, 9.17) is 10.3 Å². The lowest BCUT2D eigenvalue weighted by Gasteiger charge is -2.00. The zero-order valence-corrected chi connectivity index (χ0v) is 10.9. The van der Waals surface area contributed by atoms with Crippen LogP contribution in [0.2, 0.25) is 0 Å². The summed E-state index contributed by atoms with van der Waals surface area (Å²) in [7, 11) is 0. The van der Waals surface area contributed by atoms with Gasteiger partial charge in [0.05, 0.1) is 5.69 Å². The van der Waals surface area contributed by atoms with Crippen LogP contribution in [0.5, 0.6) is 0 Å². The average molecular weight is 267 g/mol. The van der Waals surface area contributed by atoms with E-state index < -0.39 is 0 Å². The summed E-state index contributed by atoms with van der Waals surface area (Å²) in [5, 5.41) is 3.97. The van der Waals surface area contributed by atoms with E-state index in [1.165, 1.54) is 0 Å². The molecule has 0 spiro atoms. The monoisotopic (exact) mass is 267 g/mol. The number of anilines is 1. The Labute approximate surface area is 115 Å². The molecule has 0 radical (unpaired) electrons. The molecule has 6 nitrogen and oxygen atoms in total. The zero-order valence-electron chi connectivity index (χ0n) is 10.9. The number of nitrogen functional groups attached to an aromatic ring is 1. The smallest absolute Gasteiger partial charge is 0.279 e. The number of pyridine rings is 2. The molecule has 3 rings (SSSR count). The molecule has 20 heavy (non-hydrogen) atoms. The normalized spacial score (nSPS) is 10.7. The lowest BCUT2D eigenvalue weighted by Crippen LogP contribution is -1.94. The fourth-order valence-electron chi connectivity index (χ4n) is 1.94. The molecule has 0 saturated carbocycles. The molecule has 3 heterocycles. The first-order valence-corrected chi connectivity index (χ1v) is 6.28. The first-order chi connectivity index (χ1) is 9.79. The van der Waals surface area contributed by atoms with E-state index in [1.807, 2.05) is 12.1 Å². The molecule has 0 aliphatic rings. The standard InChI is InChI=1S/C14H13N5O/c1-2-9-5-3-7-16-11(9)13-18-14(20-19-13)12-10(15)6-4-8-17-12/h3-8H,2,15H2,1H3. The molecule has 0 aliphatic carbocycles. The van der Waals surface area contributed by atoms with Gasteiger partial charge in [0, 0.05) is 12.4 Å². The summed E-state index contributed by atoms with van der Waals surface area (Å²) in [6.07, 6.45) is 4.19. The highest BCUT2D eigenvalue weighted by Crippen LogP contribution is 2.25. The van der Waals surface area contributed by atoms with Gasteiger partial charge in [-0.1, -0.05) is 18.1 Å².